The third-order valence-electron chi connectivity index (χ3n) is 9.42. The number of nitrogens with zero attached hydrogens (tertiary/aromatic N) is 4. The maximum Gasteiger partial charge on any atom is 0.306 e. The van der Waals surface area contributed by atoms with Crippen LogP contribution in [0.5, 0.6) is 17.2 Å². The summed E-state index contributed by atoms with van der Waals surface area (Å²) in [5, 5.41) is 15.4. The Balaban J connectivity index is 0.832. The van der Waals surface area contributed by atoms with E-state index in [1.165, 1.54) is 4.90 Å². The van der Waals surface area contributed by atoms with E-state index in [1.54, 1.807) is 68.2 Å². The SMILES string of the molecule is CC(C)(C)OC(=O)CCC(C(N)=O)N1Cc2cc(OCCOCCOCCOCCOc3ccc(-n4cc(-c5ccc(Cl)c(O)c5)c(-c5ccncc5)n4)cc3)ccc2C1=O. The highest BCUT2D eigenvalue weighted by Gasteiger charge is 2.36. The molecule has 5 aromatic rings. The second-order valence-electron chi connectivity index (χ2n) is 15.1. The maximum absolute atomic E-state index is 13.1. The Morgan fingerprint density at radius 2 is 1.43 bits per heavy atom. The van der Waals surface area contributed by atoms with Gasteiger partial charge in [-0.3, -0.25) is 19.4 Å². The molecular weight excluding hydrogens is 806 g/mol. The highest BCUT2D eigenvalue weighted by Crippen LogP contribution is 2.36. The number of ether oxygens (including phenoxy) is 6. The van der Waals surface area contributed by atoms with Crippen molar-refractivity contribution in [2.75, 3.05) is 52.9 Å². The number of carbonyl (C=O) groups excluding carboxylic acids is 3. The Bertz CT molecular complexity index is 2260. The largest absolute Gasteiger partial charge is 0.506 e. The number of carbonyl (C=O) groups is 3. The van der Waals surface area contributed by atoms with Gasteiger partial charge in [0, 0.05) is 48.2 Å². The van der Waals surface area contributed by atoms with Crippen molar-refractivity contribution in [2.24, 2.45) is 5.73 Å². The summed E-state index contributed by atoms with van der Waals surface area (Å²) in [5.74, 6) is -0.215. The molecule has 0 fully saturated rings. The first-order valence-corrected chi connectivity index (χ1v) is 20.3. The zero-order chi connectivity index (χ0) is 43.4. The number of rotatable bonds is 22. The van der Waals surface area contributed by atoms with E-state index >= 15 is 0 Å². The third-order valence-corrected chi connectivity index (χ3v) is 9.74. The summed E-state index contributed by atoms with van der Waals surface area (Å²) in [5.41, 5.74) is 10.2. The molecule has 0 saturated heterocycles. The molecule has 0 radical (unpaired) electrons. The molecule has 2 aromatic heterocycles. The molecular formula is C45H50ClN5O10. The molecule has 1 atom stereocenters. The molecule has 1 aliphatic rings. The third kappa shape index (κ3) is 12.5. The minimum atomic E-state index is -0.942. The summed E-state index contributed by atoms with van der Waals surface area (Å²) in [7, 11) is 0. The van der Waals surface area contributed by atoms with Crippen LogP contribution in [-0.2, 0) is 35.1 Å². The fourth-order valence-electron chi connectivity index (χ4n) is 6.55. The van der Waals surface area contributed by atoms with Gasteiger partial charge >= 0.3 is 5.97 Å². The number of aromatic nitrogens is 3. The van der Waals surface area contributed by atoms with Crippen LogP contribution in [0.15, 0.2) is 91.4 Å². The van der Waals surface area contributed by atoms with E-state index in [-0.39, 0.29) is 42.7 Å². The quantitative estimate of drug-likeness (QED) is 0.0577. The van der Waals surface area contributed by atoms with Crippen LogP contribution in [0.2, 0.25) is 5.02 Å². The molecule has 0 saturated carbocycles. The lowest BCUT2D eigenvalue weighted by molar-refractivity contribution is -0.155. The Morgan fingerprint density at radius 1 is 0.803 bits per heavy atom. The molecule has 15 nitrogen and oxygen atoms in total. The number of benzene rings is 3. The lowest BCUT2D eigenvalue weighted by atomic mass is 10.0. The van der Waals surface area contributed by atoms with Crippen LogP contribution in [0, 0.1) is 0 Å². The van der Waals surface area contributed by atoms with Gasteiger partial charge in [-0.2, -0.15) is 5.10 Å². The Labute approximate surface area is 359 Å². The molecule has 0 bridgehead atoms. The van der Waals surface area contributed by atoms with Crippen molar-refractivity contribution < 1.29 is 47.9 Å². The van der Waals surface area contributed by atoms with Gasteiger partial charge in [0.1, 0.15) is 47.8 Å². The fraction of sp³-hybridized carbons (Fsp3) is 0.356. The van der Waals surface area contributed by atoms with Gasteiger partial charge in [-0.05, 0) is 105 Å². The van der Waals surface area contributed by atoms with Gasteiger partial charge in [0.25, 0.3) is 5.91 Å². The second kappa shape index (κ2) is 21.0. The monoisotopic (exact) mass is 855 g/mol. The van der Waals surface area contributed by atoms with Crippen molar-refractivity contribution in [1.29, 1.82) is 0 Å². The fourth-order valence-corrected chi connectivity index (χ4v) is 6.67. The van der Waals surface area contributed by atoms with E-state index in [1.807, 2.05) is 48.7 Å². The number of esters is 1. The molecule has 3 N–H and O–H groups in total. The van der Waals surface area contributed by atoms with Gasteiger partial charge in [-0.15, -0.1) is 0 Å². The Hall–Kier alpha value is -6.00. The van der Waals surface area contributed by atoms with Crippen LogP contribution in [0.1, 0.15) is 49.5 Å². The number of phenols is 1. The van der Waals surface area contributed by atoms with Crippen LogP contribution in [-0.4, -0.2) is 107 Å². The first kappa shape index (κ1) is 44.5. The van der Waals surface area contributed by atoms with Crippen molar-refractivity contribution in [1.82, 2.24) is 19.7 Å². The van der Waals surface area contributed by atoms with Gasteiger partial charge in [-0.1, -0.05) is 17.7 Å². The van der Waals surface area contributed by atoms with E-state index in [0.717, 1.165) is 28.1 Å². The number of aromatic hydroxyl groups is 1. The molecule has 3 aromatic carbocycles. The molecule has 61 heavy (non-hydrogen) atoms. The van der Waals surface area contributed by atoms with E-state index in [4.69, 9.17) is 50.9 Å². The number of fused-ring (bicyclic) bond motifs is 1. The summed E-state index contributed by atoms with van der Waals surface area (Å²) in [6.07, 6.45) is 5.36. The number of primary amides is 1. The van der Waals surface area contributed by atoms with Crippen LogP contribution in [0.4, 0.5) is 0 Å². The molecule has 6 rings (SSSR count). The molecule has 0 aliphatic carbocycles. The van der Waals surface area contributed by atoms with Gasteiger partial charge in [0.15, 0.2) is 0 Å². The first-order valence-electron chi connectivity index (χ1n) is 19.9. The van der Waals surface area contributed by atoms with Gasteiger partial charge in [0.2, 0.25) is 5.91 Å². The minimum absolute atomic E-state index is 0.00426. The summed E-state index contributed by atoms with van der Waals surface area (Å²) < 4.78 is 35.6. The minimum Gasteiger partial charge on any atom is -0.506 e. The van der Waals surface area contributed by atoms with Crippen molar-refractivity contribution in [3.05, 3.63) is 108 Å². The van der Waals surface area contributed by atoms with Gasteiger partial charge < -0.3 is 44.2 Å². The molecule has 322 valence electrons. The number of hydrogen-bond donors (Lipinski definition) is 2. The number of amides is 2. The van der Waals surface area contributed by atoms with E-state index < -0.39 is 23.5 Å². The number of phenolic OH excluding ortho intramolecular Hbond substituents is 1. The molecule has 2 amide bonds. The van der Waals surface area contributed by atoms with Crippen LogP contribution in [0.25, 0.3) is 28.1 Å². The number of nitrogens with two attached hydrogens (primary N) is 1. The lowest BCUT2D eigenvalue weighted by Gasteiger charge is -2.25. The van der Waals surface area contributed by atoms with E-state index in [9.17, 15) is 19.5 Å². The number of halogens is 1. The Kier molecular flexibility index (Phi) is 15.3. The average molecular weight is 856 g/mol. The van der Waals surface area contributed by atoms with Crippen LogP contribution < -0.4 is 15.2 Å². The highest BCUT2D eigenvalue weighted by molar-refractivity contribution is 6.32. The second-order valence-corrected chi connectivity index (χ2v) is 15.5. The predicted molar refractivity (Wildman–Crippen MR) is 227 cm³/mol. The zero-order valence-corrected chi connectivity index (χ0v) is 35.1. The average Bonchev–Trinajstić information content (AvgIpc) is 3.82. The maximum atomic E-state index is 13.1. The van der Waals surface area contributed by atoms with Crippen LogP contribution in [0.3, 0.4) is 0 Å². The highest BCUT2D eigenvalue weighted by atomic mass is 35.5. The zero-order valence-electron chi connectivity index (χ0n) is 34.4. The number of hydrogen-bond acceptors (Lipinski definition) is 12. The number of pyridine rings is 1. The smallest absolute Gasteiger partial charge is 0.306 e. The molecule has 1 aliphatic heterocycles. The molecule has 3 heterocycles. The lowest BCUT2D eigenvalue weighted by Crippen LogP contribution is -2.45. The van der Waals surface area contributed by atoms with E-state index in [2.05, 4.69) is 4.98 Å². The summed E-state index contributed by atoms with van der Waals surface area (Å²) in [6, 6.07) is 20.6. The standard InChI is InChI=1S/C45H50ClN5O10/c1-45(2,3)61-41(53)13-12-39(43(47)54)50-28-32-26-35(9-10-36(32)44(50)55)60-25-23-58-21-19-56-18-20-57-22-24-59-34-7-5-33(6-8-34)51-29-37(31-4-11-38(46)40(52)27-31)42(49-51)30-14-16-48-17-15-30/h4-11,14-17,26-27,29,39,52H,12-13,18-25,28H2,1-3H3,(H2,47,54). The van der Waals surface area contributed by atoms with Crippen LogP contribution >= 0.6 is 11.6 Å². The summed E-state index contributed by atoms with van der Waals surface area (Å²) in [6.45, 7) is 8.41. The van der Waals surface area contributed by atoms with Crippen molar-refractivity contribution in [3.63, 3.8) is 0 Å². The molecule has 0 spiro atoms. The van der Waals surface area contributed by atoms with Crippen molar-refractivity contribution in [3.8, 4) is 45.3 Å². The summed E-state index contributed by atoms with van der Waals surface area (Å²) >= 11 is 6.06. The first-order chi connectivity index (χ1) is 29.4. The van der Waals surface area contributed by atoms with Crippen molar-refractivity contribution >= 4 is 29.4 Å². The van der Waals surface area contributed by atoms with Gasteiger partial charge in [-0.25, -0.2) is 4.68 Å². The topological polar surface area (TPSA) is 187 Å². The molecule has 16 heteroatoms. The summed E-state index contributed by atoms with van der Waals surface area (Å²) in [4.78, 5) is 43.1. The normalized spacial score (nSPS) is 12.9. The van der Waals surface area contributed by atoms with Gasteiger partial charge in [0.05, 0.1) is 50.4 Å². The molecule has 1 unspecified atom stereocenters. The van der Waals surface area contributed by atoms with E-state index in [0.29, 0.717) is 68.9 Å². The van der Waals surface area contributed by atoms with Crippen molar-refractivity contribution in [2.45, 2.75) is 51.8 Å². The predicted octanol–water partition coefficient (Wildman–Crippen LogP) is 6.40. The Morgan fingerprint density at radius 3 is 2.05 bits per heavy atom.